The van der Waals surface area contributed by atoms with Crippen molar-refractivity contribution in [2.75, 3.05) is 5.32 Å². The van der Waals surface area contributed by atoms with Gasteiger partial charge in [0.1, 0.15) is 0 Å². The molecule has 0 aliphatic heterocycles. The molecule has 0 fully saturated rings. The molecule has 0 saturated heterocycles. The lowest BCUT2D eigenvalue weighted by molar-refractivity contribution is -0.114. The summed E-state index contributed by atoms with van der Waals surface area (Å²) >= 11 is 0. The Hall–Kier alpha value is -2.21. The minimum Gasteiger partial charge on any atom is -0.326 e. The number of hydrogen-bond acceptors (Lipinski definition) is 4. The lowest BCUT2D eigenvalue weighted by atomic mass is 10.1. The molecule has 1 aromatic carbocycles. The minimum atomic E-state index is -0.0660. The van der Waals surface area contributed by atoms with Gasteiger partial charge in [0.25, 0.3) is 0 Å². The summed E-state index contributed by atoms with van der Waals surface area (Å²) < 4.78 is 1.74. The quantitative estimate of drug-likeness (QED) is 0.868. The summed E-state index contributed by atoms with van der Waals surface area (Å²) in [6.45, 7) is 4.27. The van der Waals surface area contributed by atoms with Gasteiger partial charge in [-0.1, -0.05) is 17.3 Å². The Labute approximate surface area is 118 Å². The zero-order valence-electron chi connectivity index (χ0n) is 11.9. The number of aryl methyl sites for hydroxylation is 1. The molecule has 1 aromatic heterocycles. The molecule has 2 N–H and O–H groups in total. The number of nitrogens with one attached hydrogen (secondary N) is 2. The van der Waals surface area contributed by atoms with E-state index in [0.29, 0.717) is 6.54 Å². The van der Waals surface area contributed by atoms with E-state index in [1.54, 1.807) is 10.9 Å². The molecule has 1 atom stereocenters. The fourth-order valence-corrected chi connectivity index (χ4v) is 1.94. The fraction of sp³-hybridized carbons (Fsp3) is 0.357. The largest absolute Gasteiger partial charge is 0.326 e. The van der Waals surface area contributed by atoms with Crippen molar-refractivity contribution in [3.63, 3.8) is 0 Å². The summed E-state index contributed by atoms with van der Waals surface area (Å²) in [5.41, 5.74) is 2.95. The summed E-state index contributed by atoms with van der Waals surface area (Å²) in [4.78, 5) is 11.1. The van der Waals surface area contributed by atoms with E-state index in [2.05, 4.69) is 27.9 Å². The number of aromatic nitrogens is 3. The molecule has 1 amide bonds. The van der Waals surface area contributed by atoms with Gasteiger partial charge in [-0.05, 0) is 24.6 Å². The van der Waals surface area contributed by atoms with Crippen LogP contribution in [-0.4, -0.2) is 20.9 Å². The first-order chi connectivity index (χ1) is 9.56. The third-order valence-corrected chi connectivity index (χ3v) is 3.10. The van der Waals surface area contributed by atoms with E-state index < -0.39 is 0 Å². The second-order valence-corrected chi connectivity index (χ2v) is 4.76. The number of nitrogens with zero attached hydrogens (tertiary/aromatic N) is 3. The van der Waals surface area contributed by atoms with E-state index in [-0.39, 0.29) is 11.9 Å². The third kappa shape index (κ3) is 3.64. The predicted octanol–water partition coefficient (Wildman–Crippen LogP) is 1.62. The maximum atomic E-state index is 11.1. The highest BCUT2D eigenvalue weighted by molar-refractivity contribution is 5.88. The van der Waals surface area contributed by atoms with Crippen LogP contribution in [0.5, 0.6) is 0 Å². The third-order valence-electron chi connectivity index (χ3n) is 3.10. The van der Waals surface area contributed by atoms with Crippen LogP contribution < -0.4 is 10.6 Å². The van der Waals surface area contributed by atoms with Gasteiger partial charge in [-0.25, -0.2) is 0 Å². The van der Waals surface area contributed by atoms with Gasteiger partial charge in [-0.15, -0.1) is 5.10 Å². The first-order valence-electron chi connectivity index (χ1n) is 6.50. The number of carbonyl (C=O) groups is 1. The Morgan fingerprint density at radius 3 is 2.90 bits per heavy atom. The Morgan fingerprint density at radius 1 is 1.45 bits per heavy atom. The van der Waals surface area contributed by atoms with Crippen molar-refractivity contribution in [2.45, 2.75) is 26.4 Å². The molecule has 20 heavy (non-hydrogen) atoms. The van der Waals surface area contributed by atoms with Crippen LogP contribution in [-0.2, 0) is 18.4 Å². The van der Waals surface area contributed by atoms with Crippen LogP contribution in [0.1, 0.15) is 31.1 Å². The Balaban J connectivity index is 2.00. The molecule has 1 heterocycles. The molecule has 6 heteroatoms. The fourth-order valence-electron chi connectivity index (χ4n) is 1.94. The van der Waals surface area contributed by atoms with E-state index in [4.69, 9.17) is 0 Å². The van der Waals surface area contributed by atoms with Crippen LogP contribution >= 0.6 is 0 Å². The molecule has 0 aliphatic carbocycles. The average molecular weight is 273 g/mol. The van der Waals surface area contributed by atoms with Crippen LogP contribution in [0.4, 0.5) is 5.69 Å². The van der Waals surface area contributed by atoms with Gasteiger partial charge in [0.2, 0.25) is 5.91 Å². The molecule has 0 radical (unpaired) electrons. The molecule has 2 rings (SSSR count). The van der Waals surface area contributed by atoms with E-state index >= 15 is 0 Å². The second-order valence-electron chi connectivity index (χ2n) is 4.76. The smallest absolute Gasteiger partial charge is 0.221 e. The Bertz CT molecular complexity index is 593. The first kappa shape index (κ1) is 14.2. The molecule has 0 aliphatic rings. The molecular weight excluding hydrogens is 254 g/mol. The van der Waals surface area contributed by atoms with Crippen molar-refractivity contribution in [3.05, 3.63) is 41.7 Å². The maximum Gasteiger partial charge on any atom is 0.221 e. The van der Waals surface area contributed by atoms with Gasteiger partial charge >= 0.3 is 0 Å². The molecule has 0 saturated carbocycles. The topological polar surface area (TPSA) is 71.8 Å². The van der Waals surface area contributed by atoms with E-state index in [0.717, 1.165) is 16.9 Å². The lowest BCUT2D eigenvalue weighted by Crippen LogP contribution is -2.20. The summed E-state index contributed by atoms with van der Waals surface area (Å²) in [5.74, 6) is -0.0660. The highest BCUT2D eigenvalue weighted by Gasteiger charge is 2.07. The lowest BCUT2D eigenvalue weighted by Gasteiger charge is -2.15. The number of rotatable bonds is 5. The molecule has 0 spiro atoms. The molecule has 6 nitrogen and oxygen atoms in total. The predicted molar refractivity (Wildman–Crippen MR) is 77.0 cm³/mol. The number of carbonyl (C=O) groups excluding carboxylic acids is 1. The average Bonchev–Trinajstić information content (AvgIpc) is 2.81. The van der Waals surface area contributed by atoms with Gasteiger partial charge in [0, 0.05) is 32.2 Å². The van der Waals surface area contributed by atoms with Crippen LogP contribution in [0.15, 0.2) is 30.5 Å². The van der Waals surface area contributed by atoms with Crippen LogP contribution in [0.25, 0.3) is 0 Å². The second kappa shape index (κ2) is 6.29. The van der Waals surface area contributed by atoms with Crippen molar-refractivity contribution in [1.29, 1.82) is 0 Å². The highest BCUT2D eigenvalue weighted by Crippen LogP contribution is 2.17. The van der Waals surface area contributed by atoms with Gasteiger partial charge < -0.3 is 10.6 Å². The summed E-state index contributed by atoms with van der Waals surface area (Å²) in [6.07, 6.45) is 1.74. The van der Waals surface area contributed by atoms with Gasteiger partial charge in [0.15, 0.2) is 0 Å². The van der Waals surface area contributed by atoms with E-state index in [1.807, 2.05) is 31.3 Å². The molecule has 2 aromatic rings. The molecule has 1 unspecified atom stereocenters. The maximum absolute atomic E-state index is 11.1. The Kier molecular flexibility index (Phi) is 4.47. The van der Waals surface area contributed by atoms with Gasteiger partial charge in [0.05, 0.1) is 11.9 Å². The van der Waals surface area contributed by atoms with Crippen molar-refractivity contribution >= 4 is 11.6 Å². The van der Waals surface area contributed by atoms with Crippen LogP contribution in [0.3, 0.4) is 0 Å². The van der Waals surface area contributed by atoms with Gasteiger partial charge in [-0.3, -0.25) is 9.48 Å². The molecule has 0 bridgehead atoms. The van der Waals surface area contributed by atoms with Gasteiger partial charge in [-0.2, -0.15) is 0 Å². The summed E-state index contributed by atoms with van der Waals surface area (Å²) in [5, 5.41) is 13.9. The number of amides is 1. The number of benzene rings is 1. The zero-order valence-corrected chi connectivity index (χ0v) is 11.9. The minimum absolute atomic E-state index is 0.0660. The summed E-state index contributed by atoms with van der Waals surface area (Å²) in [6, 6.07) is 7.98. The highest BCUT2D eigenvalue weighted by atomic mass is 16.1. The molecule has 106 valence electrons. The monoisotopic (exact) mass is 273 g/mol. The van der Waals surface area contributed by atoms with Crippen molar-refractivity contribution in [1.82, 2.24) is 20.3 Å². The summed E-state index contributed by atoms with van der Waals surface area (Å²) in [7, 11) is 1.87. The van der Waals surface area contributed by atoms with Crippen LogP contribution in [0.2, 0.25) is 0 Å². The van der Waals surface area contributed by atoms with Crippen LogP contribution in [0, 0.1) is 0 Å². The van der Waals surface area contributed by atoms with Crippen molar-refractivity contribution < 1.29 is 4.79 Å². The number of hydrogen-bond donors (Lipinski definition) is 2. The SMILES string of the molecule is CC(=O)Nc1cccc(C(C)NCc2cnnn2C)c1. The van der Waals surface area contributed by atoms with E-state index in [1.165, 1.54) is 6.92 Å². The van der Waals surface area contributed by atoms with Crippen molar-refractivity contribution in [2.24, 2.45) is 7.05 Å². The zero-order chi connectivity index (χ0) is 14.5. The standard InChI is InChI=1S/C14H19N5O/c1-10(15-8-14-9-16-18-19(14)3)12-5-4-6-13(7-12)17-11(2)20/h4-7,9-10,15H,8H2,1-3H3,(H,17,20). The van der Waals surface area contributed by atoms with Crippen molar-refractivity contribution in [3.8, 4) is 0 Å². The molecular formula is C14H19N5O. The van der Waals surface area contributed by atoms with E-state index in [9.17, 15) is 4.79 Å². The normalized spacial score (nSPS) is 12.2. The Morgan fingerprint density at radius 2 is 2.25 bits per heavy atom. The number of anilines is 1. The first-order valence-corrected chi connectivity index (χ1v) is 6.50.